The van der Waals surface area contributed by atoms with Crippen LogP contribution in [-0.4, -0.2) is 46.2 Å². The standard InChI is InChI=1S/C15H21N5O2S/c1-4-8-22-13-6-5-12(10-14(13)21-3)11-16-7-9-23-15-17-18-19-20(15)2/h4-6,10,16H,1,7-9,11H2,2-3H3/p+1. The van der Waals surface area contributed by atoms with Crippen LogP contribution in [0.25, 0.3) is 0 Å². The Morgan fingerprint density at radius 3 is 2.96 bits per heavy atom. The minimum Gasteiger partial charge on any atom is -0.493 e. The van der Waals surface area contributed by atoms with E-state index < -0.39 is 0 Å². The number of aryl methyl sites for hydroxylation is 1. The second-order valence-electron chi connectivity index (χ2n) is 4.80. The maximum atomic E-state index is 5.55. The molecule has 2 rings (SSSR count). The van der Waals surface area contributed by atoms with Crippen molar-refractivity contribution in [3.63, 3.8) is 0 Å². The van der Waals surface area contributed by atoms with Crippen LogP contribution < -0.4 is 14.8 Å². The first-order chi connectivity index (χ1) is 11.2. The fourth-order valence-electron chi connectivity index (χ4n) is 1.95. The summed E-state index contributed by atoms with van der Waals surface area (Å²) in [6.07, 6.45) is 1.71. The number of thioether (sulfide) groups is 1. The van der Waals surface area contributed by atoms with Crippen LogP contribution in [0.15, 0.2) is 36.0 Å². The quantitative estimate of drug-likeness (QED) is 0.390. The Labute approximate surface area is 140 Å². The largest absolute Gasteiger partial charge is 0.493 e. The molecule has 0 aliphatic heterocycles. The number of nitrogens with two attached hydrogens (primary N) is 1. The van der Waals surface area contributed by atoms with Gasteiger partial charge in [-0.3, -0.25) is 0 Å². The summed E-state index contributed by atoms with van der Waals surface area (Å²) < 4.78 is 12.6. The number of tetrazole rings is 1. The van der Waals surface area contributed by atoms with Crippen molar-refractivity contribution < 1.29 is 14.8 Å². The van der Waals surface area contributed by atoms with E-state index in [-0.39, 0.29) is 0 Å². The van der Waals surface area contributed by atoms with E-state index in [1.165, 1.54) is 5.56 Å². The number of benzene rings is 1. The highest BCUT2D eigenvalue weighted by Gasteiger charge is 2.07. The fourth-order valence-corrected chi connectivity index (χ4v) is 2.74. The highest BCUT2D eigenvalue weighted by Crippen LogP contribution is 2.27. The third-order valence-electron chi connectivity index (χ3n) is 3.10. The Morgan fingerprint density at radius 2 is 2.26 bits per heavy atom. The average Bonchev–Trinajstić information content (AvgIpc) is 2.98. The van der Waals surface area contributed by atoms with Gasteiger partial charge in [-0.2, -0.15) is 0 Å². The van der Waals surface area contributed by atoms with Crippen molar-refractivity contribution in [3.05, 3.63) is 36.4 Å². The molecule has 1 aromatic heterocycles. The second-order valence-corrected chi connectivity index (χ2v) is 5.86. The number of rotatable bonds is 10. The summed E-state index contributed by atoms with van der Waals surface area (Å²) in [5, 5.41) is 14.4. The normalized spacial score (nSPS) is 10.5. The molecule has 0 fully saturated rings. The maximum absolute atomic E-state index is 5.55. The van der Waals surface area contributed by atoms with Crippen LogP contribution in [-0.2, 0) is 13.6 Å². The van der Waals surface area contributed by atoms with Crippen molar-refractivity contribution in [2.24, 2.45) is 7.05 Å². The zero-order valence-electron chi connectivity index (χ0n) is 13.4. The zero-order chi connectivity index (χ0) is 16.5. The number of ether oxygens (including phenoxy) is 2. The van der Waals surface area contributed by atoms with Crippen molar-refractivity contribution in [3.8, 4) is 11.5 Å². The smallest absolute Gasteiger partial charge is 0.209 e. The van der Waals surface area contributed by atoms with Crippen molar-refractivity contribution in [2.75, 3.05) is 26.0 Å². The van der Waals surface area contributed by atoms with Gasteiger partial charge in [-0.05, 0) is 28.6 Å². The van der Waals surface area contributed by atoms with Gasteiger partial charge >= 0.3 is 0 Å². The van der Waals surface area contributed by atoms with Gasteiger partial charge < -0.3 is 14.8 Å². The monoisotopic (exact) mass is 336 g/mol. The summed E-state index contributed by atoms with van der Waals surface area (Å²) in [5.74, 6) is 2.44. The van der Waals surface area contributed by atoms with Crippen molar-refractivity contribution in [1.82, 2.24) is 20.2 Å². The summed E-state index contributed by atoms with van der Waals surface area (Å²) in [7, 11) is 3.49. The molecule has 124 valence electrons. The van der Waals surface area contributed by atoms with E-state index in [0.717, 1.165) is 35.5 Å². The van der Waals surface area contributed by atoms with Gasteiger partial charge in [-0.15, -0.1) is 5.10 Å². The van der Waals surface area contributed by atoms with Gasteiger partial charge in [0.05, 0.1) is 19.4 Å². The molecule has 2 aromatic rings. The van der Waals surface area contributed by atoms with Gasteiger partial charge in [-0.1, -0.05) is 24.4 Å². The molecule has 0 aliphatic rings. The summed E-state index contributed by atoms with van der Waals surface area (Å²) >= 11 is 1.65. The molecular formula is C15H22N5O2S+. The summed E-state index contributed by atoms with van der Waals surface area (Å²) in [5.41, 5.74) is 1.19. The Kier molecular flexibility index (Phi) is 6.89. The lowest BCUT2D eigenvalue weighted by Gasteiger charge is -2.10. The van der Waals surface area contributed by atoms with Crippen LogP contribution >= 0.6 is 11.8 Å². The Bertz CT molecular complexity index is 632. The predicted octanol–water partition coefficient (Wildman–Crippen LogP) is 0.639. The molecule has 23 heavy (non-hydrogen) atoms. The van der Waals surface area contributed by atoms with Crippen LogP contribution in [0.5, 0.6) is 11.5 Å². The molecule has 1 heterocycles. The van der Waals surface area contributed by atoms with Gasteiger partial charge in [-0.25, -0.2) is 4.68 Å². The molecule has 0 spiro atoms. The van der Waals surface area contributed by atoms with Crippen molar-refractivity contribution in [2.45, 2.75) is 11.7 Å². The highest BCUT2D eigenvalue weighted by molar-refractivity contribution is 7.99. The van der Waals surface area contributed by atoms with Gasteiger partial charge in [0.15, 0.2) is 11.5 Å². The van der Waals surface area contributed by atoms with Gasteiger partial charge in [0, 0.05) is 12.6 Å². The van der Waals surface area contributed by atoms with E-state index in [0.29, 0.717) is 6.61 Å². The molecule has 2 N–H and O–H groups in total. The molecule has 1 aromatic carbocycles. The maximum Gasteiger partial charge on any atom is 0.209 e. The molecular weight excluding hydrogens is 314 g/mol. The summed E-state index contributed by atoms with van der Waals surface area (Å²) in [4.78, 5) is 0. The molecule has 0 saturated heterocycles. The van der Waals surface area contributed by atoms with Crippen LogP contribution in [0.2, 0.25) is 0 Å². The molecule has 0 aliphatic carbocycles. The lowest BCUT2D eigenvalue weighted by Crippen LogP contribution is -2.83. The Hall–Kier alpha value is -2.06. The lowest BCUT2D eigenvalue weighted by atomic mass is 10.2. The number of nitrogens with zero attached hydrogens (tertiary/aromatic N) is 4. The minimum absolute atomic E-state index is 0.468. The lowest BCUT2D eigenvalue weighted by molar-refractivity contribution is -0.666. The van der Waals surface area contributed by atoms with Gasteiger partial charge in [0.2, 0.25) is 5.16 Å². The van der Waals surface area contributed by atoms with E-state index in [2.05, 4.69) is 33.5 Å². The number of quaternary nitrogens is 1. The van der Waals surface area contributed by atoms with Gasteiger partial charge in [0.25, 0.3) is 0 Å². The van der Waals surface area contributed by atoms with E-state index in [9.17, 15) is 0 Å². The van der Waals surface area contributed by atoms with Crippen LogP contribution in [0, 0.1) is 0 Å². The second kappa shape index (κ2) is 9.16. The van der Waals surface area contributed by atoms with E-state index in [1.54, 1.807) is 29.6 Å². The Balaban J connectivity index is 1.76. The number of aromatic nitrogens is 4. The van der Waals surface area contributed by atoms with E-state index in [4.69, 9.17) is 9.47 Å². The summed E-state index contributed by atoms with van der Waals surface area (Å²) in [6.45, 7) is 5.98. The molecule has 0 saturated carbocycles. The molecule has 0 bridgehead atoms. The minimum atomic E-state index is 0.468. The molecule has 0 atom stereocenters. The van der Waals surface area contributed by atoms with E-state index in [1.807, 2.05) is 19.2 Å². The first-order valence-electron chi connectivity index (χ1n) is 7.32. The highest BCUT2D eigenvalue weighted by atomic mass is 32.2. The van der Waals surface area contributed by atoms with Crippen LogP contribution in [0.4, 0.5) is 0 Å². The fraction of sp³-hybridized carbons (Fsp3) is 0.400. The molecule has 0 amide bonds. The average molecular weight is 336 g/mol. The number of methoxy groups -OCH3 is 1. The molecule has 8 heteroatoms. The van der Waals surface area contributed by atoms with Crippen molar-refractivity contribution in [1.29, 1.82) is 0 Å². The summed E-state index contributed by atoms with van der Waals surface area (Å²) in [6, 6.07) is 6.00. The van der Waals surface area contributed by atoms with Crippen molar-refractivity contribution >= 4 is 11.8 Å². The first-order valence-corrected chi connectivity index (χ1v) is 8.30. The molecule has 0 unspecified atom stereocenters. The third kappa shape index (κ3) is 5.26. The van der Waals surface area contributed by atoms with Crippen LogP contribution in [0.3, 0.4) is 0 Å². The van der Waals surface area contributed by atoms with E-state index >= 15 is 0 Å². The van der Waals surface area contributed by atoms with Crippen LogP contribution in [0.1, 0.15) is 5.56 Å². The molecule has 7 nitrogen and oxygen atoms in total. The SMILES string of the molecule is C=CCOc1ccc(C[NH2+]CCSc2nnnn2C)cc1OC. The number of hydrogen-bond acceptors (Lipinski definition) is 6. The molecule has 0 radical (unpaired) electrons. The van der Waals surface area contributed by atoms with Gasteiger partial charge in [0.1, 0.15) is 13.2 Å². The Morgan fingerprint density at radius 1 is 1.39 bits per heavy atom. The first kappa shape index (κ1) is 17.3. The topological polar surface area (TPSA) is 78.7 Å². The zero-order valence-corrected chi connectivity index (χ0v) is 14.3. The predicted molar refractivity (Wildman–Crippen MR) is 88.7 cm³/mol. The third-order valence-corrected chi connectivity index (χ3v) is 4.14. The number of hydrogen-bond donors (Lipinski definition) is 1.